The van der Waals surface area contributed by atoms with Gasteiger partial charge in [0.25, 0.3) is 0 Å². The van der Waals surface area contributed by atoms with E-state index in [0.717, 1.165) is 44.9 Å². The number of piperidine rings is 1. The summed E-state index contributed by atoms with van der Waals surface area (Å²) in [5.74, 6) is 1.16. The van der Waals surface area contributed by atoms with Crippen molar-refractivity contribution in [2.75, 3.05) is 26.2 Å². The Labute approximate surface area is 124 Å². The summed E-state index contributed by atoms with van der Waals surface area (Å²) in [5, 5.41) is 3.37. The highest BCUT2D eigenvalue weighted by atomic mass is 16.2. The number of nitrogens with one attached hydrogen (secondary N) is 1. The van der Waals surface area contributed by atoms with Crippen LogP contribution in [0.1, 0.15) is 59.8 Å². The van der Waals surface area contributed by atoms with Gasteiger partial charge in [0.05, 0.1) is 0 Å². The van der Waals surface area contributed by atoms with Crippen LogP contribution in [0.25, 0.3) is 0 Å². The van der Waals surface area contributed by atoms with Crippen LogP contribution in [0.5, 0.6) is 0 Å². The van der Waals surface area contributed by atoms with E-state index in [1.54, 1.807) is 0 Å². The molecule has 0 spiro atoms. The summed E-state index contributed by atoms with van der Waals surface area (Å²) in [5.41, 5.74) is 0.255. The molecule has 2 aliphatic heterocycles. The molecule has 0 aromatic heterocycles. The Hall–Kier alpha value is -0.570. The standard InChI is InChI=1S/C17H32N2O/c1-16(2,3)14-6-5-12-19(13-7-14)15(20)17(4)8-10-18-11-9-17/h14,18H,5-13H2,1-4H3. The lowest BCUT2D eigenvalue weighted by molar-refractivity contribution is -0.142. The molecule has 0 saturated carbocycles. The Morgan fingerprint density at radius 2 is 1.80 bits per heavy atom. The van der Waals surface area contributed by atoms with E-state index in [-0.39, 0.29) is 5.41 Å². The van der Waals surface area contributed by atoms with Gasteiger partial charge in [-0.3, -0.25) is 4.79 Å². The van der Waals surface area contributed by atoms with Crippen molar-refractivity contribution in [1.29, 1.82) is 0 Å². The predicted octanol–water partition coefficient (Wildman–Crippen LogP) is 3.05. The Morgan fingerprint density at radius 3 is 2.40 bits per heavy atom. The Balaban J connectivity index is 1.98. The highest BCUT2D eigenvalue weighted by Crippen LogP contribution is 2.36. The first-order valence-corrected chi connectivity index (χ1v) is 8.33. The molecular formula is C17H32N2O. The van der Waals surface area contributed by atoms with E-state index in [0.29, 0.717) is 11.3 Å². The molecule has 3 heteroatoms. The van der Waals surface area contributed by atoms with E-state index in [1.165, 1.54) is 19.3 Å². The second-order valence-corrected chi connectivity index (χ2v) is 8.10. The Bertz CT molecular complexity index is 339. The fourth-order valence-electron chi connectivity index (χ4n) is 3.74. The molecule has 3 nitrogen and oxygen atoms in total. The first kappa shape index (κ1) is 15.8. The van der Waals surface area contributed by atoms with Gasteiger partial charge in [0.1, 0.15) is 0 Å². The van der Waals surface area contributed by atoms with Gasteiger partial charge < -0.3 is 10.2 Å². The third-order valence-electron chi connectivity index (χ3n) is 5.46. The topological polar surface area (TPSA) is 32.3 Å². The van der Waals surface area contributed by atoms with Crippen molar-refractivity contribution in [3.8, 4) is 0 Å². The molecule has 1 atom stereocenters. The molecule has 2 fully saturated rings. The summed E-state index contributed by atoms with van der Waals surface area (Å²) in [6.45, 7) is 13.1. The maximum Gasteiger partial charge on any atom is 0.228 e. The van der Waals surface area contributed by atoms with Gasteiger partial charge >= 0.3 is 0 Å². The number of amides is 1. The molecule has 116 valence electrons. The summed E-state index contributed by atoms with van der Waals surface area (Å²) < 4.78 is 0. The van der Waals surface area contributed by atoms with E-state index < -0.39 is 0 Å². The SMILES string of the molecule is CC1(C(=O)N2CCCC(C(C)(C)C)CC2)CCNCC1. The van der Waals surface area contributed by atoms with Crippen LogP contribution in [0.15, 0.2) is 0 Å². The largest absolute Gasteiger partial charge is 0.342 e. The number of hydrogen-bond donors (Lipinski definition) is 1. The molecule has 2 heterocycles. The summed E-state index contributed by atoms with van der Waals surface area (Å²) in [6.07, 6.45) is 5.59. The molecule has 0 aliphatic carbocycles. The van der Waals surface area contributed by atoms with Crippen molar-refractivity contribution in [1.82, 2.24) is 10.2 Å². The number of rotatable bonds is 1. The Kier molecular flexibility index (Phi) is 4.78. The fourth-order valence-corrected chi connectivity index (χ4v) is 3.74. The molecule has 1 amide bonds. The highest BCUT2D eigenvalue weighted by Gasteiger charge is 2.38. The van der Waals surface area contributed by atoms with Crippen molar-refractivity contribution in [2.45, 2.75) is 59.8 Å². The number of likely N-dealkylation sites (tertiary alicyclic amines) is 1. The average Bonchev–Trinajstić information content (AvgIpc) is 2.64. The summed E-state index contributed by atoms with van der Waals surface area (Å²) in [7, 11) is 0. The lowest BCUT2D eigenvalue weighted by Crippen LogP contribution is -2.48. The molecule has 0 bridgehead atoms. The van der Waals surface area contributed by atoms with Crippen molar-refractivity contribution in [2.24, 2.45) is 16.7 Å². The lowest BCUT2D eigenvalue weighted by Gasteiger charge is -2.37. The zero-order valence-corrected chi connectivity index (χ0v) is 13.8. The molecule has 1 unspecified atom stereocenters. The maximum atomic E-state index is 12.9. The van der Waals surface area contributed by atoms with E-state index in [2.05, 4.69) is 37.9 Å². The first-order valence-electron chi connectivity index (χ1n) is 8.33. The van der Waals surface area contributed by atoms with Crippen molar-refractivity contribution < 1.29 is 4.79 Å². The number of hydrogen-bond acceptors (Lipinski definition) is 2. The van der Waals surface area contributed by atoms with Crippen molar-refractivity contribution in [3.63, 3.8) is 0 Å². The third kappa shape index (κ3) is 3.55. The molecule has 0 radical (unpaired) electrons. The minimum absolute atomic E-state index is 0.118. The van der Waals surface area contributed by atoms with Crippen LogP contribution >= 0.6 is 0 Å². The number of carbonyl (C=O) groups excluding carboxylic acids is 1. The van der Waals surface area contributed by atoms with Gasteiger partial charge in [0, 0.05) is 18.5 Å². The fraction of sp³-hybridized carbons (Fsp3) is 0.941. The van der Waals surface area contributed by atoms with Crippen molar-refractivity contribution in [3.05, 3.63) is 0 Å². The Morgan fingerprint density at radius 1 is 1.15 bits per heavy atom. The van der Waals surface area contributed by atoms with Crippen LogP contribution in [0.4, 0.5) is 0 Å². The summed E-state index contributed by atoms with van der Waals surface area (Å²) in [4.78, 5) is 15.0. The van der Waals surface area contributed by atoms with Gasteiger partial charge in [0.2, 0.25) is 5.91 Å². The molecule has 2 rings (SSSR count). The lowest BCUT2D eigenvalue weighted by atomic mass is 9.76. The maximum absolute atomic E-state index is 12.9. The smallest absolute Gasteiger partial charge is 0.228 e. The molecule has 1 N–H and O–H groups in total. The van der Waals surface area contributed by atoms with E-state index in [4.69, 9.17) is 0 Å². The zero-order valence-electron chi connectivity index (χ0n) is 13.8. The molecule has 2 aliphatic rings. The zero-order chi connectivity index (χ0) is 14.8. The summed E-state index contributed by atoms with van der Waals surface area (Å²) >= 11 is 0. The van der Waals surface area contributed by atoms with Gasteiger partial charge in [-0.1, -0.05) is 27.7 Å². The third-order valence-corrected chi connectivity index (χ3v) is 5.46. The van der Waals surface area contributed by atoms with Crippen molar-refractivity contribution >= 4 is 5.91 Å². The van der Waals surface area contributed by atoms with Crippen LogP contribution < -0.4 is 5.32 Å². The average molecular weight is 280 g/mol. The second-order valence-electron chi connectivity index (χ2n) is 8.10. The number of nitrogens with zero attached hydrogens (tertiary/aromatic N) is 1. The van der Waals surface area contributed by atoms with E-state index >= 15 is 0 Å². The molecule has 20 heavy (non-hydrogen) atoms. The number of carbonyl (C=O) groups is 1. The minimum atomic E-state index is -0.118. The quantitative estimate of drug-likeness (QED) is 0.800. The van der Waals surface area contributed by atoms with Gasteiger partial charge in [-0.15, -0.1) is 0 Å². The second kappa shape index (κ2) is 6.05. The molecule has 0 aromatic rings. The molecule has 2 saturated heterocycles. The van der Waals surface area contributed by atoms with Crippen LogP contribution in [0.3, 0.4) is 0 Å². The van der Waals surface area contributed by atoms with Gasteiger partial charge in [-0.2, -0.15) is 0 Å². The normalized spacial score (nSPS) is 28.0. The van der Waals surface area contributed by atoms with Gasteiger partial charge in [-0.05, 0) is 56.5 Å². The summed E-state index contributed by atoms with van der Waals surface area (Å²) in [6, 6.07) is 0. The monoisotopic (exact) mass is 280 g/mol. The van der Waals surface area contributed by atoms with Crippen LogP contribution in [-0.4, -0.2) is 37.0 Å². The minimum Gasteiger partial charge on any atom is -0.342 e. The van der Waals surface area contributed by atoms with Crippen LogP contribution in [-0.2, 0) is 4.79 Å². The predicted molar refractivity (Wildman–Crippen MR) is 83.6 cm³/mol. The van der Waals surface area contributed by atoms with Crippen LogP contribution in [0, 0.1) is 16.7 Å². The highest BCUT2D eigenvalue weighted by molar-refractivity contribution is 5.82. The van der Waals surface area contributed by atoms with E-state index in [1.807, 2.05) is 0 Å². The molecule has 0 aromatic carbocycles. The molecular weight excluding hydrogens is 248 g/mol. The van der Waals surface area contributed by atoms with Gasteiger partial charge in [-0.25, -0.2) is 0 Å². The first-order chi connectivity index (χ1) is 9.33. The van der Waals surface area contributed by atoms with Gasteiger partial charge in [0.15, 0.2) is 0 Å². The van der Waals surface area contributed by atoms with E-state index in [9.17, 15) is 4.79 Å². The van der Waals surface area contributed by atoms with Crippen LogP contribution in [0.2, 0.25) is 0 Å².